The Hall–Kier alpha value is -3.08. The van der Waals surface area contributed by atoms with Gasteiger partial charge in [-0.15, -0.1) is 0 Å². The summed E-state index contributed by atoms with van der Waals surface area (Å²) in [6, 6.07) is 14.5. The Morgan fingerprint density at radius 3 is 2.29 bits per heavy atom. The largest absolute Gasteiger partial charge is 0.495 e. The number of ether oxygens (including phenoxy) is 2. The molecule has 5 nitrogen and oxygen atoms in total. The molecule has 24 heavy (non-hydrogen) atoms. The minimum Gasteiger partial charge on any atom is -0.495 e. The van der Waals surface area contributed by atoms with Crippen molar-refractivity contribution in [2.45, 2.75) is 0 Å². The second-order valence-electron chi connectivity index (χ2n) is 5.36. The number of benzene rings is 2. The lowest BCUT2D eigenvalue weighted by atomic mass is 10.0. The van der Waals surface area contributed by atoms with E-state index in [2.05, 4.69) is 0 Å². The summed E-state index contributed by atoms with van der Waals surface area (Å²) in [5.41, 5.74) is 3.09. The Balaban J connectivity index is 2.21. The highest BCUT2D eigenvalue weighted by Crippen LogP contribution is 2.40. The van der Waals surface area contributed by atoms with Crippen LogP contribution >= 0.6 is 0 Å². The van der Waals surface area contributed by atoms with E-state index in [-0.39, 0.29) is 5.91 Å². The summed E-state index contributed by atoms with van der Waals surface area (Å²) >= 11 is 0. The average Bonchev–Trinajstić information content (AvgIpc) is 2.87. The molecule has 0 saturated heterocycles. The number of hydrogen-bond acceptors (Lipinski definition) is 4. The van der Waals surface area contributed by atoms with Gasteiger partial charge in [-0.3, -0.25) is 4.79 Å². The molecular weight excluding hydrogens is 306 g/mol. The lowest BCUT2D eigenvalue weighted by Gasteiger charge is -2.11. The van der Waals surface area contributed by atoms with Crippen molar-refractivity contribution >= 4 is 28.9 Å². The first-order valence-corrected chi connectivity index (χ1v) is 7.43. The molecule has 0 radical (unpaired) electrons. The number of rotatable bonds is 3. The third-order valence-corrected chi connectivity index (χ3v) is 4.04. The van der Waals surface area contributed by atoms with Gasteiger partial charge in [0.15, 0.2) is 0 Å². The van der Waals surface area contributed by atoms with Crippen molar-refractivity contribution < 1.29 is 19.1 Å². The first-order valence-electron chi connectivity index (χ1n) is 7.43. The van der Waals surface area contributed by atoms with Crippen molar-refractivity contribution in [2.75, 3.05) is 26.2 Å². The zero-order chi connectivity index (χ0) is 17.3. The topological polar surface area (TPSA) is 55.8 Å². The zero-order valence-electron chi connectivity index (χ0n) is 13.7. The van der Waals surface area contributed by atoms with E-state index in [1.807, 2.05) is 30.3 Å². The summed E-state index contributed by atoms with van der Waals surface area (Å²) < 4.78 is 10.3. The molecule has 0 saturated carbocycles. The fraction of sp³-hybridized carbons (Fsp3) is 0.158. The van der Waals surface area contributed by atoms with Gasteiger partial charge >= 0.3 is 5.97 Å². The van der Waals surface area contributed by atoms with Gasteiger partial charge < -0.3 is 14.4 Å². The molecule has 0 fully saturated rings. The number of nitrogens with zero attached hydrogens (tertiary/aromatic N) is 1. The highest BCUT2D eigenvalue weighted by molar-refractivity contribution is 6.37. The standard InChI is InChI=1S/C19H17NO4/c1-20-15-11-13(19(22)24-3)9-10-14(15)16(18(20)21)17(23-2)12-7-5-4-6-8-12/h4-11H,1-3H3. The number of amides is 1. The Labute approximate surface area is 140 Å². The molecule has 1 heterocycles. The van der Waals surface area contributed by atoms with Gasteiger partial charge in [-0.2, -0.15) is 0 Å². The van der Waals surface area contributed by atoms with Crippen LogP contribution in [0.5, 0.6) is 0 Å². The monoisotopic (exact) mass is 323 g/mol. The molecule has 2 aromatic rings. The maximum Gasteiger partial charge on any atom is 0.337 e. The number of hydrogen-bond donors (Lipinski definition) is 0. The summed E-state index contributed by atoms with van der Waals surface area (Å²) in [6.45, 7) is 0. The third kappa shape index (κ3) is 2.44. The Bertz CT molecular complexity index is 840. The van der Waals surface area contributed by atoms with E-state index in [9.17, 15) is 9.59 Å². The van der Waals surface area contributed by atoms with Gasteiger partial charge in [0, 0.05) is 18.2 Å². The molecule has 0 bridgehead atoms. The van der Waals surface area contributed by atoms with Gasteiger partial charge in [0.2, 0.25) is 0 Å². The third-order valence-electron chi connectivity index (χ3n) is 4.04. The summed E-state index contributed by atoms with van der Waals surface area (Å²) in [7, 11) is 4.55. The van der Waals surface area contributed by atoms with Gasteiger partial charge in [-0.1, -0.05) is 36.4 Å². The van der Waals surface area contributed by atoms with Gasteiger partial charge in [-0.25, -0.2) is 4.79 Å². The number of esters is 1. The van der Waals surface area contributed by atoms with Gasteiger partial charge in [0.25, 0.3) is 5.91 Å². The van der Waals surface area contributed by atoms with Crippen LogP contribution in [0.4, 0.5) is 5.69 Å². The van der Waals surface area contributed by atoms with Crippen LogP contribution in [-0.2, 0) is 14.3 Å². The first kappa shape index (κ1) is 15.8. The summed E-state index contributed by atoms with van der Waals surface area (Å²) in [4.78, 5) is 26.0. The van der Waals surface area contributed by atoms with E-state index in [0.29, 0.717) is 22.6 Å². The van der Waals surface area contributed by atoms with Crippen LogP contribution in [0.25, 0.3) is 11.3 Å². The van der Waals surface area contributed by atoms with Crippen LogP contribution in [0, 0.1) is 0 Å². The molecule has 0 aliphatic carbocycles. The summed E-state index contributed by atoms with van der Waals surface area (Å²) in [5, 5.41) is 0. The molecule has 2 aromatic carbocycles. The fourth-order valence-corrected chi connectivity index (χ4v) is 2.83. The van der Waals surface area contributed by atoms with Crippen molar-refractivity contribution in [1.82, 2.24) is 0 Å². The van der Waals surface area contributed by atoms with Crippen molar-refractivity contribution in [2.24, 2.45) is 0 Å². The van der Waals surface area contributed by atoms with Crippen LogP contribution in [-0.4, -0.2) is 33.1 Å². The molecule has 122 valence electrons. The summed E-state index contributed by atoms with van der Waals surface area (Å²) in [6.07, 6.45) is 0. The van der Waals surface area contributed by atoms with Gasteiger partial charge in [0.1, 0.15) is 5.76 Å². The second kappa shape index (κ2) is 6.20. The quantitative estimate of drug-likeness (QED) is 0.495. The van der Waals surface area contributed by atoms with Crippen LogP contribution in [0.2, 0.25) is 0 Å². The van der Waals surface area contributed by atoms with E-state index < -0.39 is 5.97 Å². The molecular formula is C19H17NO4. The minimum absolute atomic E-state index is 0.173. The van der Waals surface area contributed by atoms with Crippen LogP contribution in [0.1, 0.15) is 21.5 Å². The molecule has 0 unspecified atom stereocenters. The highest BCUT2D eigenvalue weighted by atomic mass is 16.5. The molecule has 1 aliphatic heterocycles. The van der Waals surface area contributed by atoms with Crippen molar-refractivity contribution in [1.29, 1.82) is 0 Å². The van der Waals surface area contributed by atoms with E-state index in [4.69, 9.17) is 9.47 Å². The SMILES string of the molecule is COC(=O)c1ccc2c(c1)N(C)C(=O)C2=C(OC)c1ccccc1. The molecule has 0 atom stereocenters. The van der Waals surface area contributed by atoms with E-state index in [0.717, 1.165) is 11.1 Å². The number of carbonyl (C=O) groups is 2. The average molecular weight is 323 g/mol. The van der Waals surface area contributed by atoms with Crippen molar-refractivity contribution in [3.8, 4) is 0 Å². The van der Waals surface area contributed by atoms with Crippen LogP contribution in [0.3, 0.4) is 0 Å². The van der Waals surface area contributed by atoms with Crippen molar-refractivity contribution in [3.05, 3.63) is 65.2 Å². The number of methoxy groups -OCH3 is 2. The van der Waals surface area contributed by atoms with E-state index in [1.165, 1.54) is 12.0 Å². The second-order valence-corrected chi connectivity index (χ2v) is 5.36. The minimum atomic E-state index is -0.439. The Morgan fingerprint density at radius 2 is 1.67 bits per heavy atom. The van der Waals surface area contributed by atoms with Crippen molar-refractivity contribution in [3.63, 3.8) is 0 Å². The summed E-state index contributed by atoms with van der Waals surface area (Å²) in [5.74, 6) is -0.101. The van der Waals surface area contributed by atoms with Gasteiger partial charge in [0.05, 0.1) is 31.0 Å². The normalized spacial score (nSPS) is 15.1. The molecule has 3 rings (SSSR count). The smallest absolute Gasteiger partial charge is 0.337 e. The molecule has 1 aliphatic rings. The Morgan fingerprint density at radius 1 is 0.958 bits per heavy atom. The molecule has 0 aromatic heterocycles. The van der Waals surface area contributed by atoms with Gasteiger partial charge in [-0.05, 0) is 12.1 Å². The van der Waals surface area contributed by atoms with E-state index >= 15 is 0 Å². The first-order chi connectivity index (χ1) is 11.6. The molecule has 0 spiro atoms. The highest BCUT2D eigenvalue weighted by Gasteiger charge is 2.34. The number of fused-ring (bicyclic) bond motifs is 1. The lowest BCUT2D eigenvalue weighted by Crippen LogP contribution is -2.21. The maximum absolute atomic E-state index is 12.8. The maximum atomic E-state index is 12.8. The van der Waals surface area contributed by atoms with E-state index in [1.54, 1.807) is 32.4 Å². The Kier molecular flexibility index (Phi) is 4.08. The molecule has 5 heteroatoms. The fourth-order valence-electron chi connectivity index (χ4n) is 2.83. The lowest BCUT2D eigenvalue weighted by molar-refractivity contribution is -0.112. The zero-order valence-corrected chi connectivity index (χ0v) is 13.7. The predicted molar refractivity (Wildman–Crippen MR) is 91.5 cm³/mol. The van der Waals surface area contributed by atoms with Crippen LogP contribution < -0.4 is 4.90 Å². The molecule has 0 N–H and O–H groups in total. The number of carbonyl (C=O) groups excluding carboxylic acids is 2. The number of anilines is 1. The van der Waals surface area contributed by atoms with Crippen LogP contribution in [0.15, 0.2) is 48.5 Å². The molecule has 1 amide bonds. The number of likely N-dealkylation sites (N-methyl/N-ethyl adjacent to an activating group) is 1. The predicted octanol–water partition coefficient (Wildman–Crippen LogP) is 2.96.